The molecule has 1 fully saturated rings. The molecule has 0 saturated heterocycles. The normalized spacial score (nSPS) is 20.3. The highest BCUT2D eigenvalue weighted by atomic mass is 19.1. The van der Waals surface area contributed by atoms with Gasteiger partial charge in [-0.25, -0.2) is 4.39 Å². The Morgan fingerprint density at radius 1 is 1.26 bits per heavy atom. The number of hydrogen-bond donors (Lipinski definition) is 1. The van der Waals surface area contributed by atoms with E-state index in [1.165, 1.54) is 6.07 Å². The molecule has 2 nitrogen and oxygen atoms in total. The molecule has 1 aliphatic carbocycles. The molecule has 1 atom stereocenters. The van der Waals surface area contributed by atoms with Gasteiger partial charge < -0.3 is 5.11 Å². The van der Waals surface area contributed by atoms with E-state index in [4.69, 9.17) is 0 Å². The first kappa shape index (κ1) is 14.0. The van der Waals surface area contributed by atoms with Gasteiger partial charge in [0.25, 0.3) is 0 Å². The summed E-state index contributed by atoms with van der Waals surface area (Å²) < 4.78 is 13.3. The summed E-state index contributed by atoms with van der Waals surface area (Å²) in [6, 6.07) is 6.97. The summed E-state index contributed by atoms with van der Waals surface area (Å²) >= 11 is 0. The van der Waals surface area contributed by atoms with Crippen molar-refractivity contribution in [3.05, 3.63) is 35.1 Å². The molecular formula is C16H20FNO. The Kier molecular flexibility index (Phi) is 4.21. The van der Waals surface area contributed by atoms with Crippen LogP contribution < -0.4 is 0 Å². The average molecular weight is 261 g/mol. The third kappa shape index (κ3) is 2.79. The Labute approximate surface area is 113 Å². The van der Waals surface area contributed by atoms with Gasteiger partial charge in [0.1, 0.15) is 5.82 Å². The SMILES string of the molecule is Cc1cc(C(O)C2(C#N)CCCCCC2)ccc1F. The van der Waals surface area contributed by atoms with Crippen LogP contribution in [0.5, 0.6) is 0 Å². The lowest BCUT2D eigenvalue weighted by Gasteiger charge is -2.31. The van der Waals surface area contributed by atoms with Gasteiger partial charge >= 0.3 is 0 Å². The Hall–Kier alpha value is -1.40. The number of halogens is 1. The molecule has 102 valence electrons. The predicted octanol–water partition coefficient (Wildman–Crippen LogP) is 4.03. The van der Waals surface area contributed by atoms with Crippen LogP contribution in [0.4, 0.5) is 4.39 Å². The van der Waals surface area contributed by atoms with Crippen molar-refractivity contribution in [3.63, 3.8) is 0 Å². The molecule has 1 aromatic rings. The molecule has 0 bridgehead atoms. The van der Waals surface area contributed by atoms with Gasteiger partial charge in [0.05, 0.1) is 17.6 Å². The lowest BCUT2D eigenvalue weighted by molar-refractivity contribution is 0.0515. The molecule has 2 rings (SSSR count). The number of aliphatic hydroxyl groups excluding tert-OH is 1. The zero-order valence-electron chi connectivity index (χ0n) is 11.3. The topological polar surface area (TPSA) is 44.0 Å². The fourth-order valence-electron chi connectivity index (χ4n) is 2.96. The Morgan fingerprint density at radius 3 is 2.42 bits per heavy atom. The monoisotopic (exact) mass is 261 g/mol. The molecule has 3 heteroatoms. The molecule has 0 aromatic heterocycles. The van der Waals surface area contributed by atoms with Crippen molar-refractivity contribution in [2.24, 2.45) is 5.41 Å². The molecule has 1 unspecified atom stereocenters. The average Bonchev–Trinajstić information content (AvgIpc) is 2.67. The standard InChI is InChI=1S/C16H20FNO/c1-12-10-13(6-7-14(12)17)15(19)16(11-18)8-4-2-3-5-9-16/h6-7,10,15,19H,2-5,8-9H2,1H3. The van der Waals surface area contributed by atoms with Crippen molar-refractivity contribution in [2.45, 2.75) is 51.6 Å². The van der Waals surface area contributed by atoms with E-state index in [0.29, 0.717) is 11.1 Å². The van der Waals surface area contributed by atoms with Gasteiger partial charge in [-0.05, 0) is 37.0 Å². The van der Waals surface area contributed by atoms with Gasteiger partial charge in [-0.2, -0.15) is 5.26 Å². The number of aliphatic hydroxyl groups is 1. The minimum atomic E-state index is -0.824. The van der Waals surface area contributed by atoms with Crippen LogP contribution in [-0.4, -0.2) is 5.11 Å². The molecule has 1 aromatic carbocycles. The zero-order chi connectivity index (χ0) is 13.9. The van der Waals surface area contributed by atoms with Crippen molar-refractivity contribution in [3.8, 4) is 6.07 Å². The van der Waals surface area contributed by atoms with Gasteiger partial charge in [-0.3, -0.25) is 0 Å². The molecule has 19 heavy (non-hydrogen) atoms. The fourth-order valence-corrected chi connectivity index (χ4v) is 2.96. The van der Waals surface area contributed by atoms with E-state index in [1.54, 1.807) is 19.1 Å². The predicted molar refractivity (Wildman–Crippen MR) is 71.8 cm³/mol. The highest BCUT2D eigenvalue weighted by molar-refractivity contribution is 5.28. The maximum Gasteiger partial charge on any atom is 0.126 e. The number of nitriles is 1. The molecule has 0 radical (unpaired) electrons. The van der Waals surface area contributed by atoms with Gasteiger partial charge in [-0.15, -0.1) is 0 Å². The van der Waals surface area contributed by atoms with Crippen molar-refractivity contribution in [1.82, 2.24) is 0 Å². The second kappa shape index (κ2) is 5.71. The van der Waals surface area contributed by atoms with Gasteiger partial charge in [0, 0.05) is 0 Å². The van der Waals surface area contributed by atoms with Crippen LogP contribution in [0.1, 0.15) is 55.8 Å². The van der Waals surface area contributed by atoms with E-state index in [2.05, 4.69) is 6.07 Å². The van der Waals surface area contributed by atoms with Crippen LogP contribution in [0, 0.1) is 29.5 Å². The van der Waals surface area contributed by atoms with Crippen molar-refractivity contribution >= 4 is 0 Å². The molecule has 0 amide bonds. The first-order valence-corrected chi connectivity index (χ1v) is 6.94. The quantitative estimate of drug-likeness (QED) is 0.817. The third-order valence-electron chi connectivity index (χ3n) is 4.24. The number of rotatable bonds is 2. The van der Waals surface area contributed by atoms with E-state index in [9.17, 15) is 14.8 Å². The van der Waals surface area contributed by atoms with Crippen LogP contribution in [0.25, 0.3) is 0 Å². The molecule has 1 aliphatic rings. The number of benzene rings is 1. The van der Waals surface area contributed by atoms with E-state index in [1.807, 2.05) is 0 Å². The lowest BCUT2D eigenvalue weighted by Crippen LogP contribution is -2.27. The Balaban J connectivity index is 2.31. The number of nitrogens with zero attached hydrogens (tertiary/aromatic N) is 1. The third-order valence-corrected chi connectivity index (χ3v) is 4.24. The molecule has 1 N–H and O–H groups in total. The second-order valence-corrected chi connectivity index (χ2v) is 5.59. The van der Waals surface area contributed by atoms with Gasteiger partial charge in [0.15, 0.2) is 0 Å². The van der Waals surface area contributed by atoms with Crippen molar-refractivity contribution in [1.29, 1.82) is 5.26 Å². The van der Waals surface area contributed by atoms with E-state index >= 15 is 0 Å². The summed E-state index contributed by atoms with van der Waals surface area (Å²) in [4.78, 5) is 0. The first-order valence-electron chi connectivity index (χ1n) is 6.94. The maximum atomic E-state index is 13.3. The van der Waals surface area contributed by atoms with E-state index < -0.39 is 11.5 Å². The summed E-state index contributed by atoms with van der Waals surface area (Å²) in [5.74, 6) is -0.275. The highest BCUT2D eigenvalue weighted by Gasteiger charge is 2.39. The van der Waals surface area contributed by atoms with Crippen LogP contribution in [0.2, 0.25) is 0 Å². The number of aryl methyl sites for hydroxylation is 1. The lowest BCUT2D eigenvalue weighted by atomic mass is 9.74. The smallest absolute Gasteiger partial charge is 0.126 e. The summed E-state index contributed by atoms with van der Waals surface area (Å²) in [5, 5.41) is 20.1. The van der Waals surface area contributed by atoms with Gasteiger partial charge in [0.2, 0.25) is 0 Å². The van der Waals surface area contributed by atoms with E-state index in [0.717, 1.165) is 38.5 Å². The zero-order valence-corrected chi connectivity index (χ0v) is 11.3. The highest BCUT2D eigenvalue weighted by Crippen LogP contribution is 2.44. The largest absolute Gasteiger partial charge is 0.387 e. The summed E-state index contributed by atoms with van der Waals surface area (Å²) in [6.45, 7) is 1.68. The summed E-state index contributed by atoms with van der Waals surface area (Å²) in [7, 11) is 0. The van der Waals surface area contributed by atoms with Crippen LogP contribution >= 0.6 is 0 Å². The molecular weight excluding hydrogens is 241 g/mol. The van der Waals surface area contributed by atoms with E-state index in [-0.39, 0.29) is 5.82 Å². The van der Waals surface area contributed by atoms with Gasteiger partial charge in [-0.1, -0.05) is 37.8 Å². The summed E-state index contributed by atoms with van der Waals surface area (Å²) in [5.41, 5.74) is 0.460. The van der Waals surface area contributed by atoms with Crippen LogP contribution in [0.15, 0.2) is 18.2 Å². The maximum absolute atomic E-state index is 13.3. The first-order chi connectivity index (χ1) is 9.09. The minimum absolute atomic E-state index is 0.275. The number of hydrogen-bond acceptors (Lipinski definition) is 2. The minimum Gasteiger partial charge on any atom is -0.387 e. The van der Waals surface area contributed by atoms with Crippen molar-refractivity contribution in [2.75, 3.05) is 0 Å². The summed E-state index contributed by atoms with van der Waals surface area (Å²) in [6.07, 6.45) is 4.82. The molecule has 0 spiro atoms. The fraction of sp³-hybridized carbons (Fsp3) is 0.562. The molecule has 1 saturated carbocycles. The Bertz CT molecular complexity index is 484. The second-order valence-electron chi connectivity index (χ2n) is 5.59. The van der Waals surface area contributed by atoms with Crippen LogP contribution in [-0.2, 0) is 0 Å². The molecule has 0 heterocycles. The van der Waals surface area contributed by atoms with Crippen molar-refractivity contribution < 1.29 is 9.50 Å². The van der Waals surface area contributed by atoms with Crippen LogP contribution in [0.3, 0.4) is 0 Å². The molecule has 0 aliphatic heterocycles. The Morgan fingerprint density at radius 2 is 1.89 bits per heavy atom.